The van der Waals surface area contributed by atoms with Gasteiger partial charge in [-0.1, -0.05) is 26.3 Å². The molecule has 0 saturated heterocycles. The molecule has 0 aliphatic heterocycles. The van der Waals surface area contributed by atoms with E-state index in [0.717, 1.165) is 24.2 Å². The average molecular weight is 218 g/mol. The zero-order valence-corrected chi connectivity index (χ0v) is 10.8. The highest BCUT2D eigenvalue weighted by Gasteiger charge is 2.59. The van der Waals surface area contributed by atoms with Gasteiger partial charge in [0.2, 0.25) is 0 Å². The van der Waals surface area contributed by atoms with E-state index >= 15 is 0 Å². The molecule has 0 spiro atoms. The van der Waals surface area contributed by atoms with E-state index in [0.29, 0.717) is 23.0 Å². The van der Waals surface area contributed by atoms with Crippen molar-refractivity contribution in [3.8, 4) is 0 Å². The van der Waals surface area contributed by atoms with Crippen LogP contribution in [-0.2, 0) is 4.79 Å². The molecule has 0 unspecified atom stereocenters. The highest BCUT2D eigenvalue weighted by Crippen LogP contribution is 2.64. The average Bonchev–Trinajstić information content (AvgIpc) is 2.71. The molecular formula is C15H22O. The molecule has 3 rings (SSSR count). The Morgan fingerprint density at radius 2 is 2.06 bits per heavy atom. The number of rotatable bonds is 0. The monoisotopic (exact) mass is 218 g/mol. The molecule has 16 heavy (non-hydrogen) atoms. The van der Waals surface area contributed by atoms with E-state index in [9.17, 15) is 4.79 Å². The lowest BCUT2D eigenvalue weighted by Gasteiger charge is -2.32. The standard InChI is InChI=1S/C15H22O/c1-8-5-12(16)11-6-10-9(2)7-15(3,4)14(10)13(8)11/h5,9-11,13-14H,6-7H2,1-4H3/t9-,10+,11+,13-,14-/m1/s1. The topological polar surface area (TPSA) is 17.1 Å². The van der Waals surface area contributed by atoms with E-state index in [1.54, 1.807) is 0 Å². The fourth-order valence-electron chi connectivity index (χ4n) is 5.19. The van der Waals surface area contributed by atoms with Crippen LogP contribution in [0, 0.1) is 35.0 Å². The Labute approximate surface area is 98.3 Å². The van der Waals surface area contributed by atoms with Crippen LogP contribution in [0.2, 0.25) is 0 Å². The SMILES string of the molecule is CC1=CC(=O)[C@@H]2C[C@@H]3[C@H]([C@H]12)C(C)(C)C[C@H]3C. The van der Waals surface area contributed by atoms with Crippen molar-refractivity contribution in [2.45, 2.75) is 40.5 Å². The van der Waals surface area contributed by atoms with Crippen LogP contribution >= 0.6 is 0 Å². The van der Waals surface area contributed by atoms with Gasteiger partial charge in [0.05, 0.1) is 0 Å². The number of fused-ring (bicyclic) bond motifs is 3. The molecule has 2 saturated carbocycles. The number of hydrogen-bond donors (Lipinski definition) is 0. The smallest absolute Gasteiger partial charge is 0.159 e. The van der Waals surface area contributed by atoms with Gasteiger partial charge in [0.1, 0.15) is 0 Å². The van der Waals surface area contributed by atoms with Gasteiger partial charge >= 0.3 is 0 Å². The van der Waals surface area contributed by atoms with Crippen LogP contribution in [0.25, 0.3) is 0 Å². The summed E-state index contributed by atoms with van der Waals surface area (Å²) in [6, 6.07) is 0. The van der Waals surface area contributed by atoms with Crippen molar-refractivity contribution in [1.29, 1.82) is 0 Å². The molecule has 0 heterocycles. The normalized spacial score (nSPS) is 49.1. The maximum atomic E-state index is 11.9. The van der Waals surface area contributed by atoms with Crippen molar-refractivity contribution in [1.82, 2.24) is 0 Å². The minimum absolute atomic E-state index is 0.344. The van der Waals surface area contributed by atoms with Gasteiger partial charge in [-0.15, -0.1) is 0 Å². The highest BCUT2D eigenvalue weighted by atomic mass is 16.1. The molecule has 0 aromatic rings. The van der Waals surface area contributed by atoms with Crippen LogP contribution in [0.3, 0.4) is 0 Å². The third-order valence-electron chi connectivity index (χ3n) is 5.55. The van der Waals surface area contributed by atoms with Crippen LogP contribution < -0.4 is 0 Å². The fourth-order valence-corrected chi connectivity index (χ4v) is 5.19. The van der Waals surface area contributed by atoms with Gasteiger partial charge in [0.25, 0.3) is 0 Å². The zero-order valence-electron chi connectivity index (χ0n) is 10.8. The number of ketones is 1. The molecule has 0 aromatic carbocycles. The summed E-state index contributed by atoms with van der Waals surface area (Å²) in [6.45, 7) is 9.38. The molecule has 3 aliphatic carbocycles. The van der Waals surface area contributed by atoms with Crippen molar-refractivity contribution in [3.05, 3.63) is 11.6 Å². The Morgan fingerprint density at radius 3 is 2.75 bits per heavy atom. The van der Waals surface area contributed by atoms with E-state index < -0.39 is 0 Å². The van der Waals surface area contributed by atoms with Crippen LogP contribution in [-0.4, -0.2) is 5.78 Å². The molecule has 0 amide bonds. The lowest BCUT2D eigenvalue weighted by molar-refractivity contribution is -0.118. The molecular weight excluding hydrogens is 196 g/mol. The van der Waals surface area contributed by atoms with Gasteiger partial charge < -0.3 is 0 Å². The molecule has 0 N–H and O–H groups in total. The number of carbonyl (C=O) groups excluding carboxylic acids is 1. The highest BCUT2D eigenvalue weighted by molar-refractivity contribution is 5.96. The van der Waals surface area contributed by atoms with E-state index in [4.69, 9.17) is 0 Å². The summed E-state index contributed by atoms with van der Waals surface area (Å²) >= 11 is 0. The first-order chi connectivity index (χ1) is 7.42. The maximum absolute atomic E-state index is 11.9. The molecule has 1 nitrogen and oxygen atoms in total. The molecule has 0 aromatic heterocycles. The van der Waals surface area contributed by atoms with Crippen molar-refractivity contribution >= 4 is 5.78 Å². The minimum Gasteiger partial charge on any atom is -0.295 e. The fraction of sp³-hybridized carbons (Fsp3) is 0.800. The Hall–Kier alpha value is -0.590. The molecule has 5 atom stereocenters. The lowest BCUT2D eigenvalue weighted by Crippen LogP contribution is -2.27. The number of carbonyl (C=O) groups is 1. The van der Waals surface area contributed by atoms with E-state index in [1.807, 2.05) is 6.08 Å². The largest absolute Gasteiger partial charge is 0.295 e. The van der Waals surface area contributed by atoms with Crippen molar-refractivity contribution in [2.24, 2.45) is 35.0 Å². The second-order valence-corrected chi connectivity index (χ2v) is 7.02. The molecule has 1 heteroatoms. The first-order valence-corrected chi connectivity index (χ1v) is 6.64. The first-order valence-electron chi connectivity index (χ1n) is 6.64. The van der Waals surface area contributed by atoms with Crippen LogP contribution in [0.4, 0.5) is 0 Å². The Balaban J connectivity index is 2.01. The summed E-state index contributed by atoms with van der Waals surface area (Å²) in [7, 11) is 0. The van der Waals surface area contributed by atoms with Gasteiger partial charge in [0.15, 0.2) is 5.78 Å². The third-order valence-corrected chi connectivity index (χ3v) is 5.55. The summed E-state index contributed by atoms with van der Waals surface area (Å²) in [4.78, 5) is 11.9. The van der Waals surface area contributed by atoms with Crippen molar-refractivity contribution in [2.75, 3.05) is 0 Å². The van der Waals surface area contributed by atoms with Crippen molar-refractivity contribution in [3.63, 3.8) is 0 Å². The molecule has 0 bridgehead atoms. The van der Waals surface area contributed by atoms with Crippen LogP contribution in [0.5, 0.6) is 0 Å². The predicted octanol–water partition coefficient (Wildman–Crippen LogP) is 3.45. The van der Waals surface area contributed by atoms with Crippen molar-refractivity contribution < 1.29 is 4.79 Å². The van der Waals surface area contributed by atoms with Crippen LogP contribution in [0.15, 0.2) is 11.6 Å². The van der Waals surface area contributed by atoms with Crippen LogP contribution in [0.1, 0.15) is 40.5 Å². The van der Waals surface area contributed by atoms with Gasteiger partial charge in [-0.25, -0.2) is 0 Å². The number of hydrogen-bond acceptors (Lipinski definition) is 1. The Kier molecular flexibility index (Phi) is 1.98. The second-order valence-electron chi connectivity index (χ2n) is 7.02. The molecule has 3 aliphatic rings. The predicted molar refractivity (Wildman–Crippen MR) is 64.9 cm³/mol. The molecule has 2 fully saturated rings. The molecule has 0 radical (unpaired) electrons. The minimum atomic E-state index is 0.344. The summed E-state index contributed by atoms with van der Waals surface area (Å²) in [5, 5.41) is 0. The zero-order chi connectivity index (χ0) is 11.7. The van der Waals surface area contributed by atoms with E-state index in [2.05, 4.69) is 27.7 Å². The second kappa shape index (κ2) is 3.00. The quantitative estimate of drug-likeness (QED) is 0.608. The van der Waals surface area contributed by atoms with E-state index in [-0.39, 0.29) is 0 Å². The van der Waals surface area contributed by atoms with Gasteiger partial charge in [0, 0.05) is 5.92 Å². The van der Waals surface area contributed by atoms with Gasteiger partial charge in [-0.2, -0.15) is 0 Å². The maximum Gasteiger partial charge on any atom is 0.159 e. The first kappa shape index (κ1) is 10.6. The number of allylic oxidation sites excluding steroid dienone is 2. The third kappa shape index (κ3) is 1.15. The molecule has 88 valence electrons. The van der Waals surface area contributed by atoms with Gasteiger partial charge in [-0.05, 0) is 54.9 Å². The summed E-state index contributed by atoms with van der Waals surface area (Å²) < 4.78 is 0. The van der Waals surface area contributed by atoms with E-state index in [1.165, 1.54) is 12.0 Å². The Morgan fingerprint density at radius 1 is 1.38 bits per heavy atom. The summed E-state index contributed by atoms with van der Waals surface area (Å²) in [5.74, 6) is 3.72. The van der Waals surface area contributed by atoms with Gasteiger partial charge in [-0.3, -0.25) is 4.79 Å². The summed E-state index contributed by atoms with van der Waals surface area (Å²) in [6.07, 6.45) is 4.42. The Bertz CT molecular complexity index is 377. The lowest BCUT2D eigenvalue weighted by atomic mass is 9.72. The summed E-state index contributed by atoms with van der Waals surface area (Å²) in [5.41, 5.74) is 1.80.